The minimum Gasteiger partial charge on any atom is -0.480 e. The van der Waals surface area contributed by atoms with Crippen LogP contribution < -0.4 is 5.32 Å². The van der Waals surface area contributed by atoms with Crippen LogP contribution in [-0.4, -0.2) is 83.9 Å². The number of aromatic nitrogens is 1. The van der Waals surface area contributed by atoms with Crippen LogP contribution in [0.3, 0.4) is 0 Å². The van der Waals surface area contributed by atoms with Gasteiger partial charge in [0.1, 0.15) is 18.5 Å². The number of nitrogens with zero attached hydrogens (tertiary/aromatic N) is 3. The van der Waals surface area contributed by atoms with Gasteiger partial charge in [0.2, 0.25) is 0 Å². The molecular formula is C25H26BrFN4O6S. The molecule has 2 aromatic rings. The number of carbonyl (C=O) groups excluding carboxylic acids is 1. The molecule has 38 heavy (non-hydrogen) atoms. The Balaban J connectivity index is 1.55. The minimum absolute atomic E-state index is 0.0246. The lowest BCUT2D eigenvalue weighted by atomic mass is 9.95. The summed E-state index contributed by atoms with van der Waals surface area (Å²) in [5, 5.41) is 14.9. The van der Waals surface area contributed by atoms with Crippen LogP contribution in [0.2, 0.25) is 0 Å². The Morgan fingerprint density at radius 1 is 1.37 bits per heavy atom. The Morgan fingerprint density at radius 3 is 2.92 bits per heavy atom. The third-order valence-corrected chi connectivity index (χ3v) is 8.17. The zero-order chi connectivity index (χ0) is 26.8. The maximum Gasteiger partial charge on any atom is 0.338 e. The van der Waals surface area contributed by atoms with Gasteiger partial charge in [0, 0.05) is 34.3 Å². The average Bonchev–Trinajstić information content (AvgIpc) is 3.47. The van der Waals surface area contributed by atoms with Crippen molar-refractivity contribution in [2.45, 2.75) is 37.6 Å². The molecule has 13 heteroatoms. The fourth-order valence-electron chi connectivity index (χ4n) is 5.09. The summed E-state index contributed by atoms with van der Waals surface area (Å²) in [5.41, 5.74) is 1.50. The van der Waals surface area contributed by atoms with Crippen LogP contribution in [-0.2, 0) is 23.8 Å². The second-order valence-electron chi connectivity index (χ2n) is 9.03. The third-order valence-electron chi connectivity index (χ3n) is 6.70. The molecule has 3 aliphatic rings. The molecule has 0 radical (unpaired) electrons. The number of esters is 1. The average molecular weight is 609 g/mol. The van der Waals surface area contributed by atoms with Gasteiger partial charge in [-0.2, -0.15) is 0 Å². The van der Waals surface area contributed by atoms with E-state index in [0.29, 0.717) is 58.3 Å². The summed E-state index contributed by atoms with van der Waals surface area (Å²) in [7, 11) is 0. The zero-order valence-electron chi connectivity index (χ0n) is 20.4. The molecule has 5 rings (SSSR count). The number of fused-ring (bicyclic) bond motifs is 2. The maximum absolute atomic E-state index is 14.0. The van der Waals surface area contributed by atoms with Gasteiger partial charge in [0.25, 0.3) is 0 Å². The normalized spacial score (nSPS) is 25.2. The van der Waals surface area contributed by atoms with Crippen LogP contribution >= 0.6 is 27.3 Å². The largest absolute Gasteiger partial charge is 0.480 e. The molecule has 3 aliphatic heterocycles. The number of carboxylic acids is 1. The van der Waals surface area contributed by atoms with Crippen LogP contribution in [0.15, 0.2) is 50.5 Å². The molecule has 10 nitrogen and oxygen atoms in total. The van der Waals surface area contributed by atoms with E-state index in [4.69, 9.17) is 24.3 Å². The highest BCUT2D eigenvalue weighted by molar-refractivity contribution is 9.10. The van der Waals surface area contributed by atoms with Crippen molar-refractivity contribution < 1.29 is 33.3 Å². The molecule has 2 fully saturated rings. The quantitative estimate of drug-likeness (QED) is 0.414. The lowest BCUT2D eigenvalue weighted by molar-refractivity contribution is -0.145. The molecular weight excluding hydrogens is 583 g/mol. The third kappa shape index (κ3) is 5.52. The van der Waals surface area contributed by atoms with Crippen molar-refractivity contribution in [3.8, 4) is 0 Å². The van der Waals surface area contributed by atoms with Crippen LogP contribution in [0.4, 0.5) is 4.39 Å². The van der Waals surface area contributed by atoms with E-state index in [1.54, 1.807) is 19.2 Å². The number of rotatable bonds is 9. The number of carbonyl (C=O) groups is 2. The predicted molar refractivity (Wildman–Crippen MR) is 139 cm³/mol. The fraction of sp³-hybridized carbons (Fsp3) is 0.440. The number of hydrogen-bond donors (Lipinski definition) is 2. The first-order valence-electron chi connectivity index (χ1n) is 12.1. The number of nitrogens with one attached hydrogen (secondary N) is 1. The Labute approximate surface area is 230 Å². The van der Waals surface area contributed by atoms with Crippen molar-refractivity contribution >= 4 is 45.0 Å². The van der Waals surface area contributed by atoms with Gasteiger partial charge in [0.15, 0.2) is 10.8 Å². The minimum atomic E-state index is -1.03. The Hall–Kier alpha value is -2.71. The molecule has 1 aromatic carbocycles. The van der Waals surface area contributed by atoms with Gasteiger partial charge in [0.05, 0.1) is 37.5 Å². The molecule has 2 saturated heterocycles. The Morgan fingerprint density at radius 2 is 2.21 bits per heavy atom. The van der Waals surface area contributed by atoms with Crippen LogP contribution in [0, 0.1) is 5.82 Å². The predicted octanol–water partition coefficient (Wildman–Crippen LogP) is 2.90. The van der Waals surface area contributed by atoms with Gasteiger partial charge in [-0.25, -0.2) is 19.0 Å². The molecule has 4 unspecified atom stereocenters. The molecule has 4 atom stereocenters. The number of thiazole rings is 1. The molecule has 0 amide bonds. The number of morpholine rings is 1. The van der Waals surface area contributed by atoms with E-state index in [-0.39, 0.29) is 24.8 Å². The fourth-order valence-corrected chi connectivity index (χ4v) is 6.25. The van der Waals surface area contributed by atoms with E-state index in [0.717, 1.165) is 0 Å². The number of hydrogen-bond acceptors (Lipinski definition) is 10. The smallest absolute Gasteiger partial charge is 0.338 e. The SMILES string of the molecule is CCOC(=O)C1=C(CN2C3COCC2C(OCC(=O)O)C3)NC(c2nccs2)=NC1c1ccc(F)cc1Br. The second-order valence-corrected chi connectivity index (χ2v) is 10.8. The first-order valence-corrected chi connectivity index (χ1v) is 13.8. The standard InChI is InChI=1S/C25H26BrFN4O6S/c1-2-36-25(34)21-17(9-31-14-8-19(37-12-20(32)33)18(31)11-35-10-14)29-23(24-28-5-6-38-24)30-22(21)15-4-3-13(27)7-16(15)26/h3-7,14,18-19,22H,2,8-12H2,1H3,(H,29,30)(H,32,33). The lowest BCUT2D eigenvalue weighted by Gasteiger charge is -2.37. The van der Waals surface area contributed by atoms with Crippen molar-refractivity contribution in [3.63, 3.8) is 0 Å². The topological polar surface area (TPSA) is 123 Å². The zero-order valence-corrected chi connectivity index (χ0v) is 22.8. The summed E-state index contributed by atoms with van der Waals surface area (Å²) in [6.07, 6.45) is 1.97. The molecule has 2 bridgehead atoms. The molecule has 0 aliphatic carbocycles. The van der Waals surface area contributed by atoms with E-state index in [2.05, 4.69) is 31.1 Å². The van der Waals surface area contributed by atoms with E-state index in [1.165, 1.54) is 23.5 Å². The van der Waals surface area contributed by atoms with Gasteiger partial charge >= 0.3 is 11.9 Å². The summed E-state index contributed by atoms with van der Waals surface area (Å²) in [6.45, 7) is 2.67. The van der Waals surface area contributed by atoms with Gasteiger partial charge in [-0.3, -0.25) is 9.89 Å². The van der Waals surface area contributed by atoms with Gasteiger partial charge < -0.3 is 24.6 Å². The number of halogens is 2. The number of amidine groups is 1. The second kappa shape index (κ2) is 11.6. The van der Waals surface area contributed by atoms with Crippen LogP contribution in [0.25, 0.3) is 0 Å². The number of carboxylic acid groups (broad SMARTS) is 1. The summed E-state index contributed by atoms with van der Waals surface area (Å²) in [6, 6.07) is 3.27. The van der Waals surface area contributed by atoms with E-state index < -0.39 is 30.4 Å². The van der Waals surface area contributed by atoms with E-state index in [1.807, 2.05) is 5.38 Å². The first kappa shape index (κ1) is 26.9. The van der Waals surface area contributed by atoms with E-state index in [9.17, 15) is 14.0 Å². The first-order chi connectivity index (χ1) is 18.4. The number of benzene rings is 1. The Bertz CT molecular complexity index is 1270. The molecule has 202 valence electrons. The highest BCUT2D eigenvalue weighted by Crippen LogP contribution is 2.39. The lowest BCUT2D eigenvalue weighted by Crippen LogP contribution is -2.51. The molecule has 1 aromatic heterocycles. The Kier molecular flexibility index (Phi) is 8.19. The maximum atomic E-state index is 14.0. The van der Waals surface area contributed by atoms with Gasteiger partial charge in [-0.05, 0) is 31.0 Å². The molecule has 4 heterocycles. The monoisotopic (exact) mass is 608 g/mol. The summed E-state index contributed by atoms with van der Waals surface area (Å²) in [4.78, 5) is 35.9. The number of aliphatic imine (C=N–C) groups is 1. The molecule has 0 spiro atoms. The highest BCUT2D eigenvalue weighted by atomic mass is 79.9. The summed E-state index contributed by atoms with van der Waals surface area (Å²) < 4.78 is 31.3. The van der Waals surface area contributed by atoms with Crippen molar-refractivity contribution in [2.75, 3.05) is 33.0 Å². The van der Waals surface area contributed by atoms with Crippen molar-refractivity contribution in [1.29, 1.82) is 0 Å². The summed E-state index contributed by atoms with van der Waals surface area (Å²) in [5.74, 6) is -1.49. The van der Waals surface area contributed by atoms with Crippen molar-refractivity contribution in [1.82, 2.24) is 15.2 Å². The number of aliphatic carboxylic acids is 1. The van der Waals surface area contributed by atoms with Crippen LogP contribution in [0.1, 0.15) is 30.0 Å². The highest BCUT2D eigenvalue weighted by Gasteiger charge is 2.46. The van der Waals surface area contributed by atoms with Crippen molar-refractivity contribution in [3.05, 3.63) is 61.9 Å². The summed E-state index contributed by atoms with van der Waals surface area (Å²) >= 11 is 4.84. The van der Waals surface area contributed by atoms with Crippen LogP contribution in [0.5, 0.6) is 0 Å². The van der Waals surface area contributed by atoms with Gasteiger partial charge in [-0.1, -0.05) is 22.0 Å². The molecule has 2 N–H and O–H groups in total. The van der Waals surface area contributed by atoms with Gasteiger partial charge in [-0.15, -0.1) is 11.3 Å². The number of ether oxygens (including phenoxy) is 3. The molecule has 0 saturated carbocycles. The van der Waals surface area contributed by atoms with Crippen molar-refractivity contribution in [2.24, 2.45) is 4.99 Å². The van der Waals surface area contributed by atoms with E-state index >= 15 is 0 Å².